The Labute approximate surface area is 140 Å². The van der Waals surface area contributed by atoms with Crippen LogP contribution in [-0.2, 0) is 0 Å². The highest BCUT2D eigenvalue weighted by atomic mass is 19.1. The molecule has 0 amide bonds. The van der Waals surface area contributed by atoms with Gasteiger partial charge in [-0.1, -0.05) is 12.1 Å². The third-order valence-electron chi connectivity index (χ3n) is 3.53. The number of hydrogen-bond acceptors (Lipinski definition) is 5. The molecule has 24 heavy (non-hydrogen) atoms. The van der Waals surface area contributed by atoms with Crippen molar-refractivity contribution in [3.05, 3.63) is 53.3 Å². The Bertz CT molecular complexity index is 744. The van der Waals surface area contributed by atoms with Gasteiger partial charge in [-0.2, -0.15) is 5.26 Å². The van der Waals surface area contributed by atoms with Gasteiger partial charge in [0.2, 0.25) is 0 Å². The smallest absolute Gasteiger partial charge is 0.161 e. The van der Waals surface area contributed by atoms with E-state index in [4.69, 9.17) is 19.8 Å². The van der Waals surface area contributed by atoms with Gasteiger partial charge in [-0.15, -0.1) is 0 Å². The Morgan fingerprint density at radius 2 is 2.08 bits per heavy atom. The van der Waals surface area contributed by atoms with Crippen LogP contribution in [0.5, 0.6) is 11.5 Å². The normalized spacial score (nSPS) is 11.5. The topological polar surface area (TPSA) is 74.5 Å². The highest BCUT2D eigenvalue weighted by molar-refractivity contribution is 5.59. The number of aliphatic hydroxyl groups is 1. The number of anilines is 1. The maximum Gasteiger partial charge on any atom is 0.161 e. The zero-order chi connectivity index (χ0) is 17.5. The van der Waals surface area contributed by atoms with Crippen molar-refractivity contribution >= 4 is 5.69 Å². The molecule has 126 valence electrons. The van der Waals surface area contributed by atoms with Crippen LogP contribution < -0.4 is 14.8 Å². The first-order chi connectivity index (χ1) is 11.6. The lowest BCUT2D eigenvalue weighted by atomic mass is 10.1. The lowest BCUT2D eigenvalue weighted by Crippen LogP contribution is -2.09. The lowest BCUT2D eigenvalue weighted by molar-refractivity contribution is 0.196. The van der Waals surface area contributed by atoms with Gasteiger partial charge in [-0.05, 0) is 36.8 Å². The number of methoxy groups -OCH3 is 1. The van der Waals surface area contributed by atoms with E-state index in [9.17, 15) is 4.39 Å². The molecule has 0 heterocycles. The molecule has 0 aliphatic carbocycles. The Kier molecular flexibility index (Phi) is 5.99. The van der Waals surface area contributed by atoms with Gasteiger partial charge in [0.25, 0.3) is 0 Å². The van der Waals surface area contributed by atoms with E-state index >= 15 is 0 Å². The lowest BCUT2D eigenvalue weighted by Gasteiger charge is -2.19. The molecule has 5 nitrogen and oxygen atoms in total. The summed E-state index contributed by atoms with van der Waals surface area (Å²) in [6.45, 7) is 1.99. The summed E-state index contributed by atoms with van der Waals surface area (Å²) in [6.07, 6.45) is 0. The molecule has 0 fully saturated rings. The van der Waals surface area contributed by atoms with E-state index in [1.807, 2.05) is 19.1 Å². The summed E-state index contributed by atoms with van der Waals surface area (Å²) in [6, 6.07) is 11.6. The zero-order valence-electron chi connectivity index (χ0n) is 13.5. The molecule has 2 N–H and O–H groups in total. The fourth-order valence-electron chi connectivity index (χ4n) is 2.30. The van der Waals surface area contributed by atoms with Gasteiger partial charge in [-0.3, -0.25) is 0 Å². The van der Waals surface area contributed by atoms with Crippen LogP contribution in [0.4, 0.5) is 10.1 Å². The first kappa shape index (κ1) is 17.6. The molecule has 1 unspecified atom stereocenters. The standard InChI is InChI=1S/C18H19FN2O3/c1-12(21-16-5-3-4-15(19)14(16)11-20)13-6-7-17(24-9-8-22)18(10-13)23-2/h3-7,10,12,21-22H,8-9H2,1-2H3. The number of halogens is 1. The Balaban J connectivity index is 2.23. The highest BCUT2D eigenvalue weighted by Crippen LogP contribution is 2.32. The molecule has 0 saturated carbocycles. The minimum atomic E-state index is -0.556. The molecule has 0 aromatic heterocycles. The molecule has 2 aromatic rings. The summed E-state index contributed by atoms with van der Waals surface area (Å²) < 4.78 is 24.4. The highest BCUT2D eigenvalue weighted by Gasteiger charge is 2.14. The van der Waals surface area contributed by atoms with Crippen molar-refractivity contribution in [2.75, 3.05) is 25.6 Å². The Morgan fingerprint density at radius 3 is 2.75 bits per heavy atom. The monoisotopic (exact) mass is 330 g/mol. The van der Waals surface area contributed by atoms with Gasteiger partial charge in [0.1, 0.15) is 24.1 Å². The Hall–Kier alpha value is -2.78. The average Bonchev–Trinajstić information content (AvgIpc) is 2.60. The number of ether oxygens (including phenoxy) is 2. The molecule has 2 aromatic carbocycles. The second-order valence-corrected chi connectivity index (χ2v) is 5.12. The first-order valence-corrected chi connectivity index (χ1v) is 7.47. The maximum atomic E-state index is 13.7. The number of nitrogens with one attached hydrogen (secondary N) is 1. The van der Waals surface area contributed by atoms with Gasteiger partial charge in [0.05, 0.1) is 19.4 Å². The maximum absolute atomic E-state index is 13.7. The minimum Gasteiger partial charge on any atom is -0.493 e. The fourth-order valence-corrected chi connectivity index (χ4v) is 2.30. The summed E-state index contributed by atoms with van der Waals surface area (Å²) in [5, 5.41) is 21.1. The number of benzene rings is 2. The van der Waals surface area contributed by atoms with E-state index in [1.54, 1.807) is 24.3 Å². The van der Waals surface area contributed by atoms with Crippen LogP contribution in [0.3, 0.4) is 0 Å². The summed E-state index contributed by atoms with van der Waals surface area (Å²) in [5.74, 6) is 0.514. The second-order valence-electron chi connectivity index (χ2n) is 5.12. The van der Waals surface area contributed by atoms with Crippen LogP contribution in [0, 0.1) is 17.1 Å². The van der Waals surface area contributed by atoms with Crippen molar-refractivity contribution in [1.29, 1.82) is 5.26 Å². The molecule has 0 aliphatic heterocycles. The number of rotatable bonds is 7. The molecular formula is C18H19FN2O3. The molecular weight excluding hydrogens is 311 g/mol. The van der Waals surface area contributed by atoms with Gasteiger partial charge in [-0.25, -0.2) is 4.39 Å². The van der Waals surface area contributed by atoms with Crippen molar-refractivity contribution in [3.63, 3.8) is 0 Å². The molecule has 6 heteroatoms. The van der Waals surface area contributed by atoms with Crippen molar-refractivity contribution in [2.24, 2.45) is 0 Å². The van der Waals surface area contributed by atoms with Gasteiger partial charge in [0.15, 0.2) is 11.5 Å². The van der Waals surface area contributed by atoms with E-state index in [0.29, 0.717) is 17.2 Å². The van der Waals surface area contributed by atoms with Crippen molar-refractivity contribution in [1.82, 2.24) is 0 Å². The van der Waals surface area contributed by atoms with Gasteiger partial charge >= 0.3 is 0 Å². The number of aliphatic hydroxyl groups excluding tert-OH is 1. The van der Waals surface area contributed by atoms with Crippen LogP contribution in [0.1, 0.15) is 24.1 Å². The number of nitriles is 1. The fraction of sp³-hybridized carbons (Fsp3) is 0.278. The van der Waals surface area contributed by atoms with Crippen LogP contribution >= 0.6 is 0 Å². The molecule has 0 aliphatic rings. The molecule has 1 atom stereocenters. The van der Waals surface area contributed by atoms with Crippen LogP contribution in [0.2, 0.25) is 0 Å². The predicted molar refractivity (Wildman–Crippen MR) is 88.7 cm³/mol. The first-order valence-electron chi connectivity index (χ1n) is 7.47. The van der Waals surface area contributed by atoms with Crippen molar-refractivity contribution < 1.29 is 19.0 Å². The van der Waals surface area contributed by atoms with Crippen LogP contribution in [-0.4, -0.2) is 25.4 Å². The minimum absolute atomic E-state index is 0.0146. The van der Waals surface area contributed by atoms with E-state index in [0.717, 1.165) is 5.56 Å². The Morgan fingerprint density at radius 1 is 1.29 bits per heavy atom. The third-order valence-corrected chi connectivity index (χ3v) is 3.53. The van der Waals surface area contributed by atoms with E-state index in [2.05, 4.69) is 5.32 Å². The molecule has 0 spiro atoms. The second kappa shape index (κ2) is 8.18. The third kappa shape index (κ3) is 3.94. The molecule has 0 bridgehead atoms. The molecule has 2 rings (SSSR count). The molecule has 0 radical (unpaired) electrons. The average molecular weight is 330 g/mol. The SMILES string of the molecule is COc1cc(C(C)Nc2cccc(F)c2C#N)ccc1OCCO. The number of nitrogens with zero attached hydrogens (tertiary/aromatic N) is 1. The van der Waals surface area contributed by atoms with Crippen LogP contribution in [0.25, 0.3) is 0 Å². The molecule has 0 saturated heterocycles. The quantitative estimate of drug-likeness (QED) is 0.815. The van der Waals surface area contributed by atoms with Gasteiger partial charge in [0, 0.05) is 6.04 Å². The predicted octanol–water partition coefficient (Wildman–Crippen LogP) is 3.25. The zero-order valence-corrected chi connectivity index (χ0v) is 13.5. The summed E-state index contributed by atoms with van der Waals surface area (Å²) in [5.41, 5.74) is 1.31. The van der Waals surface area contributed by atoms with Crippen molar-refractivity contribution in [3.8, 4) is 17.6 Å². The summed E-state index contributed by atoms with van der Waals surface area (Å²) >= 11 is 0. The van der Waals surface area contributed by atoms with E-state index < -0.39 is 5.82 Å². The summed E-state index contributed by atoms with van der Waals surface area (Å²) in [4.78, 5) is 0. The van der Waals surface area contributed by atoms with E-state index in [1.165, 1.54) is 13.2 Å². The van der Waals surface area contributed by atoms with Crippen LogP contribution in [0.15, 0.2) is 36.4 Å². The largest absolute Gasteiger partial charge is 0.493 e. The van der Waals surface area contributed by atoms with Crippen molar-refractivity contribution in [2.45, 2.75) is 13.0 Å². The van der Waals surface area contributed by atoms with Gasteiger partial charge < -0.3 is 19.9 Å². The number of hydrogen-bond donors (Lipinski definition) is 2. The van der Waals surface area contributed by atoms with E-state index in [-0.39, 0.29) is 24.8 Å². The summed E-state index contributed by atoms with van der Waals surface area (Å²) in [7, 11) is 1.53.